The predicted molar refractivity (Wildman–Crippen MR) is 73.0 cm³/mol. The molecule has 2 rings (SSSR count). The molecule has 0 unspecified atom stereocenters. The van der Waals surface area contributed by atoms with Gasteiger partial charge in [0.1, 0.15) is 5.57 Å². The van der Waals surface area contributed by atoms with Crippen LogP contribution < -0.4 is 0 Å². The molecule has 1 N–H and O–H groups in total. The summed E-state index contributed by atoms with van der Waals surface area (Å²) in [5.74, 6) is -1.86. The van der Waals surface area contributed by atoms with Gasteiger partial charge in [0.2, 0.25) is 0 Å². The van der Waals surface area contributed by atoms with Gasteiger partial charge < -0.3 is 5.11 Å². The molecule has 0 aliphatic heterocycles. The monoisotopic (exact) mass is 252 g/mol. The number of aliphatic carboxylic acids is 1. The van der Waals surface area contributed by atoms with Gasteiger partial charge in [0.25, 0.3) is 0 Å². The van der Waals surface area contributed by atoms with E-state index in [2.05, 4.69) is 6.58 Å². The highest BCUT2D eigenvalue weighted by atomic mass is 16.4. The first-order valence-corrected chi connectivity index (χ1v) is 5.72. The fraction of sp³-hybridized carbons (Fsp3) is 0. The fourth-order valence-electron chi connectivity index (χ4n) is 1.72. The quantitative estimate of drug-likeness (QED) is 0.393. The fourth-order valence-corrected chi connectivity index (χ4v) is 1.72. The van der Waals surface area contributed by atoms with Crippen LogP contribution >= 0.6 is 0 Å². The highest BCUT2D eigenvalue weighted by molar-refractivity contribution is 6.23. The highest BCUT2D eigenvalue weighted by Gasteiger charge is 2.16. The number of carbonyl (C=O) groups excluding carboxylic acids is 1. The van der Waals surface area contributed by atoms with Crippen LogP contribution in [0.3, 0.4) is 0 Å². The second-order valence-corrected chi connectivity index (χ2v) is 4.06. The molecule has 19 heavy (non-hydrogen) atoms. The largest absolute Gasteiger partial charge is 0.478 e. The standard InChI is InChI=1S/C16H12O3/c1-11(16(18)19)15(17)14-9-7-13(8-10-14)12-5-3-2-4-6-12/h2-10H,1H2,(H,18,19). The van der Waals surface area contributed by atoms with E-state index in [1.165, 1.54) is 0 Å². The molecular weight excluding hydrogens is 240 g/mol. The van der Waals surface area contributed by atoms with Crippen molar-refractivity contribution in [1.82, 2.24) is 0 Å². The van der Waals surface area contributed by atoms with E-state index in [9.17, 15) is 9.59 Å². The van der Waals surface area contributed by atoms with Crippen molar-refractivity contribution in [1.29, 1.82) is 0 Å². The van der Waals surface area contributed by atoms with E-state index in [0.717, 1.165) is 11.1 Å². The van der Waals surface area contributed by atoms with Crippen molar-refractivity contribution in [3.8, 4) is 11.1 Å². The van der Waals surface area contributed by atoms with Crippen LogP contribution in [-0.4, -0.2) is 16.9 Å². The number of Topliss-reactive ketones (excluding diaryl/α,β-unsaturated/α-hetero) is 1. The van der Waals surface area contributed by atoms with Crippen LogP contribution in [0, 0.1) is 0 Å². The maximum Gasteiger partial charge on any atom is 0.339 e. The Labute approximate surface area is 110 Å². The molecule has 0 aliphatic rings. The maximum absolute atomic E-state index is 11.8. The van der Waals surface area contributed by atoms with Crippen LogP contribution in [0.15, 0.2) is 66.7 Å². The predicted octanol–water partition coefficient (Wildman–Crippen LogP) is 3.18. The summed E-state index contributed by atoms with van der Waals surface area (Å²) >= 11 is 0. The van der Waals surface area contributed by atoms with E-state index in [-0.39, 0.29) is 0 Å². The van der Waals surface area contributed by atoms with Crippen LogP contribution in [0.2, 0.25) is 0 Å². The molecular formula is C16H12O3. The van der Waals surface area contributed by atoms with Crippen LogP contribution in [-0.2, 0) is 4.79 Å². The van der Waals surface area contributed by atoms with Gasteiger partial charge in [-0.15, -0.1) is 0 Å². The summed E-state index contributed by atoms with van der Waals surface area (Å²) in [4.78, 5) is 22.4. The third-order valence-electron chi connectivity index (χ3n) is 2.79. The molecule has 94 valence electrons. The van der Waals surface area contributed by atoms with E-state index in [1.54, 1.807) is 24.3 Å². The van der Waals surface area contributed by atoms with Crippen molar-refractivity contribution < 1.29 is 14.7 Å². The molecule has 0 fully saturated rings. The minimum absolute atomic E-state index is 0.326. The van der Waals surface area contributed by atoms with Crippen molar-refractivity contribution in [3.05, 3.63) is 72.3 Å². The molecule has 2 aromatic rings. The van der Waals surface area contributed by atoms with Gasteiger partial charge >= 0.3 is 5.97 Å². The van der Waals surface area contributed by atoms with Gasteiger partial charge in [0.05, 0.1) is 0 Å². The summed E-state index contributed by atoms with van der Waals surface area (Å²) in [5.41, 5.74) is 1.91. The second-order valence-electron chi connectivity index (χ2n) is 4.06. The molecule has 0 aromatic heterocycles. The molecule has 0 bridgehead atoms. The molecule has 0 saturated carbocycles. The van der Waals surface area contributed by atoms with Gasteiger partial charge in [-0.2, -0.15) is 0 Å². The van der Waals surface area contributed by atoms with Gasteiger partial charge in [0.15, 0.2) is 5.78 Å². The van der Waals surface area contributed by atoms with Crippen LogP contribution in [0.1, 0.15) is 10.4 Å². The lowest BCUT2D eigenvalue weighted by atomic mass is 10.00. The smallest absolute Gasteiger partial charge is 0.339 e. The Balaban J connectivity index is 2.27. The van der Waals surface area contributed by atoms with Crippen LogP contribution in [0.4, 0.5) is 0 Å². The first-order valence-electron chi connectivity index (χ1n) is 5.72. The average molecular weight is 252 g/mol. The molecule has 3 nitrogen and oxygen atoms in total. The molecule has 0 heterocycles. The zero-order valence-corrected chi connectivity index (χ0v) is 10.2. The number of hydrogen-bond acceptors (Lipinski definition) is 2. The Bertz CT molecular complexity index is 625. The van der Waals surface area contributed by atoms with E-state index >= 15 is 0 Å². The normalized spacial score (nSPS) is 9.89. The topological polar surface area (TPSA) is 54.4 Å². The van der Waals surface area contributed by atoms with Gasteiger partial charge in [-0.25, -0.2) is 4.79 Å². The lowest BCUT2D eigenvalue weighted by molar-refractivity contribution is -0.132. The summed E-state index contributed by atoms with van der Waals surface area (Å²) < 4.78 is 0. The van der Waals surface area contributed by atoms with Crippen molar-refractivity contribution in [3.63, 3.8) is 0 Å². The minimum Gasteiger partial charge on any atom is -0.478 e. The summed E-state index contributed by atoms with van der Waals surface area (Å²) in [7, 11) is 0. The van der Waals surface area contributed by atoms with E-state index in [0.29, 0.717) is 5.56 Å². The molecule has 3 heteroatoms. The Morgan fingerprint density at radius 3 is 1.89 bits per heavy atom. The molecule has 2 aromatic carbocycles. The number of ketones is 1. The molecule has 0 atom stereocenters. The van der Waals surface area contributed by atoms with E-state index in [4.69, 9.17) is 5.11 Å². The van der Waals surface area contributed by atoms with Gasteiger partial charge in [-0.1, -0.05) is 61.2 Å². The SMILES string of the molecule is C=C(C(=O)O)C(=O)c1ccc(-c2ccccc2)cc1. The zero-order valence-electron chi connectivity index (χ0n) is 10.2. The molecule has 0 spiro atoms. The number of carboxylic acid groups (broad SMARTS) is 1. The summed E-state index contributed by atoms with van der Waals surface area (Å²) in [6.07, 6.45) is 0. The van der Waals surface area contributed by atoms with Crippen molar-refractivity contribution in [2.24, 2.45) is 0 Å². The third kappa shape index (κ3) is 2.77. The molecule has 0 saturated heterocycles. The minimum atomic E-state index is -1.29. The van der Waals surface area contributed by atoms with E-state index in [1.807, 2.05) is 30.3 Å². The van der Waals surface area contributed by atoms with Gasteiger partial charge in [-0.05, 0) is 11.1 Å². The maximum atomic E-state index is 11.8. The van der Waals surface area contributed by atoms with Crippen molar-refractivity contribution >= 4 is 11.8 Å². The molecule has 0 amide bonds. The Kier molecular flexibility index (Phi) is 3.57. The molecule has 0 radical (unpaired) electrons. The number of carbonyl (C=O) groups is 2. The van der Waals surface area contributed by atoms with E-state index < -0.39 is 17.3 Å². The lowest BCUT2D eigenvalue weighted by Gasteiger charge is -2.04. The Hall–Kier alpha value is -2.68. The Morgan fingerprint density at radius 2 is 1.37 bits per heavy atom. The van der Waals surface area contributed by atoms with Crippen LogP contribution in [0.5, 0.6) is 0 Å². The number of benzene rings is 2. The number of rotatable bonds is 4. The highest BCUT2D eigenvalue weighted by Crippen LogP contribution is 2.20. The summed E-state index contributed by atoms with van der Waals surface area (Å²) in [6, 6.07) is 16.5. The third-order valence-corrected chi connectivity index (χ3v) is 2.79. The van der Waals surface area contributed by atoms with Crippen molar-refractivity contribution in [2.75, 3.05) is 0 Å². The van der Waals surface area contributed by atoms with Crippen molar-refractivity contribution in [2.45, 2.75) is 0 Å². The zero-order chi connectivity index (χ0) is 13.8. The first kappa shape index (κ1) is 12.8. The van der Waals surface area contributed by atoms with Gasteiger partial charge in [-0.3, -0.25) is 4.79 Å². The number of carboxylic acids is 1. The average Bonchev–Trinajstić information content (AvgIpc) is 2.46. The van der Waals surface area contributed by atoms with Crippen LogP contribution in [0.25, 0.3) is 11.1 Å². The first-order chi connectivity index (χ1) is 9.09. The number of hydrogen-bond donors (Lipinski definition) is 1. The lowest BCUT2D eigenvalue weighted by Crippen LogP contribution is -2.11. The van der Waals surface area contributed by atoms with Gasteiger partial charge in [0, 0.05) is 5.56 Å². The summed E-state index contributed by atoms with van der Waals surface area (Å²) in [5, 5.41) is 8.73. The summed E-state index contributed by atoms with van der Waals surface area (Å²) in [6.45, 7) is 3.26. The Morgan fingerprint density at radius 1 is 0.842 bits per heavy atom. The second kappa shape index (κ2) is 5.31. The molecule has 0 aliphatic carbocycles.